The molecule has 2 heterocycles. The molecule has 146 valence electrons. The maximum Gasteiger partial charge on any atom is 0.331 e. The third kappa shape index (κ3) is 4.22. The van der Waals surface area contributed by atoms with E-state index < -0.39 is 10.9 Å². The quantitative estimate of drug-likeness (QED) is 0.282. The minimum atomic E-state index is -0.590. The van der Waals surface area contributed by atoms with Gasteiger partial charge in [-0.05, 0) is 18.2 Å². The van der Waals surface area contributed by atoms with Crippen molar-refractivity contribution in [2.24, 2.45) is 0 Å². The van der Waals surface area contributed by atoms with Gasteiger partial charge in [-0.2, -0.15) is 0 Å². The molecule has 3 aromatic rings. The number of para-hydroxylation sites is 1. The molecule has 1 aliphatic rings. The summed E-state index contributed by atoms with van der Waals surface area (Å²) in [5, 5.41) is 12.1. The highest BCUT2D eigenvalue weighted by molar-refractivity contribution is 5.87. The van der Waals surface area contributed by atoms with Gasteiger partial charge in [0.2, 0.25) is 0 Å². The Balaban J connectivity index is 1.47. The highest BCUT2D eigenvalue weighted by atomic mass is 16.7. The largest absolute Gasteiger partial charge is 0.467 e. The molecule has 29 heavy (non-hydrogen) atoms. The first-order valence-corrected chi connectivity index (χ1v) is 8.81. The first-order chi connectivity index (χ1) is 14.1. The monoisotopic (exact) mass is 392 g/mol. The first kappa shape index (κ1) is 18.6. The normalized spacial score (nSPS) is 13.1. The number of carbonyl (C=O) groups excluding carboxylic acids is 1. The number of hydrogen-bond acceptors (Lipinski definition) is 7. The Bertz CT molecular complexity index is 1130. The van der Waals surface area contributed by atoms with E-state index in [1.54, 1.807) is 12.1 Å². The average molecular weight is 392 g/mol. The molecule has 1 aromatic heterocycles. The highest BCUT2D eigenvalue weighted by Crippen LogP contribution is 2.33. The Morgan fingerprint density at radius 2 is 2.10 bits per heavy atom. The van der Waals surface area contributed by atoms with Crippen molar-refractivity contribution in [3.05, 3.63) is 81.5 Å². The van der Waals surface area contributed by atoms with Gasteiger partial charge in [0.25, 0.3) is 5.69 Å². The molecular weight excluding hydrogens is 376 g/mol. The molecule has 0 aliphatic carbocycles. The zero-order valence-corrected chi connectivity index (χ0v) is 15.2. The lowest BCUT2D eigenvalue weighted by Gasteiger charge is -2.20. The molecule has 8 nitrogen and oxygen atoms in total. The number of aromatic nitrogens is 1. The SMILES string of the molecule is O=C(/C=C/c1ccc2ccccc2n1)OCc1cc([N+](=O)[O-])cc2c1OCOC2. The number of esters is 1. The molecule has 2 aromatic carbocycles. The molecule has 0 saturated carbocycles. The van der Waals surface area contributed by atoms with Crippen molar-refractivity contribution < 1.29 is 23.9 Å². The van der Waals surface area contributed by atoms with Crippen LogP contribution in [-0.2, 0) is 27.5 Å². The van der Waals surface area contributed by atoms with Gasteiger partial charge in [0, 0.05) is 34.7 Å². The van der Waals surface area contributed by atoms with Gasteiger partial charge >= 0.3 is 5.97 Å². The number of hydrogen-bond donors (Lipinski definition) is 0. The van der Waals surface area contributed by atoms with Crippen molar-refractivity contribution in [3.8, 4) is 5.75 Å². The summed E-state index contributed by atoms with van der Waals surface area (Å²) in [6.07, 6.45) is 2.83. The van der Waals surface area contributed by atoms with Crippen LogP contribution in [0.4, 0.5) is 5.69 Å². The molecule has 0 N–H and O–H groups in total. The number of pyridine rings is 1. The fraction of sp³-hybridized carbons (Fsp3) is 0.143. The maximum absolute atomic E-state index is 12.1. The molecule has 4 rings (SSSR count). The molecule has 8 heteroatoms. The van der Waals surface area contributed by atoms with E-state index in [1.165, 1.54) is 18.2 Å². The van der Waals surface area contributed by atoms with Crippen LogP contribution in [0.5, 0.6) is 5.75 Å². The number of non-ortho nitro benzene ring substituents is 1. The van der Waals surface area contributed by atoms with Crippen LogP contribution in [0.25, 0.3) is 17.0 Å². The van der Waals surface area contributed by atoms with Gasteiger partial charge in [0.15, 0.2) is 6.79 Å². The number of rotatable bonds is 5. The Morgan fingerprint density at radius 1 is 1.24 bits per heavy atom. The van der Waals surface area contributed by atoms with Crippen LogP contribution in [-0.4, -0.2) is 22.7 Å². The van der Waals surface area contributed by atoms with Gasteiger partial charge in [-0.25, -0.2) is 9.78 Å². The van der Waals surface area contributed by atoms with E-state index in [2.05, 4.69) is 4.98 Å². The van der Waals surface area contributed by atoms with Gasteiger partial charge in [-0.1, -0.05) is 24.3 Å². The van der Waals surface area contributed by atoms with Crippen molar-refractivity contribution in [1.82, 2.24) is 4.98 Å². The molecule has 0 fully saturated rings. The first-order valence-electron chi connectivity index (χ1n) is 8.81. The summed E-state index contributed by atoms with van der Waals surface area (Å²) in [4.78, 5) is 27.2. The van der Waals surface area contributed by atoms with Gasteiger partial charge < -0.3 is 14.2 Å². The predicted octanol–water partition coefficient (Wildman–Crippen LogP) is 3.77. The standard InChI is InChI=1S/C21H16N2O6/c24-20(8-7-17-6-5-14-3-1-2-4-19(14)22-17)28-12-16-10-18(23(25)26)9-15-11-27-13-29-21(15)16/h1-10H,11-13H2/b8-7+. The lowest BCUT2D eigenvalue weighted by Crippen LogP contribution is -2.14. The predicted molar refractivity (Wildman–Crippen MR) is 104 cm³/mol. The molecule has 0 atom stereocenters. The van der Waals surface area contributed by atoms with E-state index in [0.717, 1.165) is 10.9 Å². The third-order valence-electron chi connectivity index (χ3n) is 4.36. The van der Waals surface area contributed by atoms with Crippen LogP contribution < -0.4 is 4.74 Å². The lowest BCUT2D eigenvalue weighted by molar-refractivity contribution is -0.385. The molecule has 0 bridgehead atoms. The van der Waals surface area contributed by atoms with Crippen molar-refractivity contribution in [3.63, 3.8) is 0 Å². The zero-order valence-electron chi connectivity index (χ0n) is 15.2. The lowest BCUT2D eigenvalue weighted by atomic mass is 10.1. The van der Waals surface area contributed by atoms with Gasteiger partial charge in [0.1, 0.15) is 12.4 Å². The fourth-order valence-electron chi connectivity index (χ4n) is 3.02. The smallest absolute Gasteiger partial charge is 0.331 e. The minimum Gasteiger partial charge on any atom is -0.467 e. The van der Waals surface area contributed by atoms with Crippen LogP contribution in [0.1, 0.15) is 16.8 Å². The fourth-order valence-corrected chi connectivity index (χ4v) is 3.02. The number of fused-ring (bicyclic) bond motifs is 2. The molecular formula is C21H16N2O6. The molecule has 0 saturated heterocycles. The number of nitrogens with zero attached hydrogens (tertiary/aromatic N) is 2. The molecule has 0 spiro atoms. The molecule has 0 unspecified atom stereocenters. The summed E-state index contributed by atoms with van der Waals surface area (Å²) in [5.41, 5.74) is 2.30. The Kier molecular flexibility index (Phi) is 5.17. The Morgan fingerprint density at radius 3 is 2.97 bits per heavy atom. The Hall–Kier alpha value is -3.78. The topological polar surface area (TPSA) is 101 Å². The van der Waals surface area contributed by atoms with E-state index in [0.29, 0.717) is 22.6 Å². The van der Waals surface area contributed by atoms with Crippen LogP contribution in [0.3, 0.4) is 0 Å². The summed E-state index contributed by atoms with van der Waals surface area (Å²) in [7, 11) is 0. The summed E-state index contributed by atoms with van der Waals surface area (Å²) in [6.45, 7) is 0.0864. The van der Waals surface area contributed by atoms with Crippen molar-refractivity contribution in [2.45, 2.75) is 13.2 Å². The Labute approximate surface area is 165 Å². The summed E-state index contributed by atoms with van der Waals surface area (Å²) in [6, 6.07) is 14.1. The maximum atomic E-state index is 12.1. The third-order valence-corrected chi connectivity index (χ3v) is 4.36. The van der Waals surface area contributed by atoms with E-state index in [-0.39, 0.29) is 25.7 Å². The number of carbonyl (C=O) groups is 1. The van der Waals surface area contributed by atoms with E-state index in [4.69, 9.17) is 14.2 Å². The zero-order chi connectivity index (χ0) is 20.2. The molecule has 0 radical (unpaired) electrons. The van der Waals surface area contributed by atoms with E-state index in [1.807, 2.05) is 30.3 Å². The van der Waals surface area contributed by atoms with Crippen LogP contribution in [0, 0.1) is 10.1 Å². The average Bonchev–Trinajstić information content (AvgIpc) is 2.75. The minimum absolute atomic E-state index is 0.0410. The molecule has 1 aliphatic heterocycles. The van der Waals surface area contributed by atoms with Gasteiger partial charge in [-0.15, -0.1) is 0 Å². The van der Waals surface area contributed by atoms with Crippen LogP contribution in [0.2, 0.25) is 0 Å². The number of nitro benzene ring substituents is 1. The van der Waals surface area contributed by atoms with Crippen molar-refractivity contribution in [1.29, 1.82) is 0 Å². The van der Waals surface area contributed by atoms with Crippen molar-refractivity contribution in [2.75, 3.05) is 6.79 Å². The number of benzene rings is 2. The van der Waals surface area contributed by atoms with Crippen molar-refractivity contribution >= 4 is 28.6 Å². The van der Waals surface area contributed by atoms with E-state index >= 15 is 0 Å². The van der Waals surface area contributed by atoms with Crippen LogP contribution >= 0.6 is 0 Å². The summed E-state index contributed by atoms with van der Waals surface area (Å²) in [5.74, 6) is -0.137. The van der Waals surface area contributed by atoms with Crippen LogP contribution in [0.15, 0.2) is 54.6 Å². The number of ether oxygens (including phenoxy) is 3. The van der Waals surface area contributed by atoms with Gasteiger partial charge in [0.05, 0.1) is 22.7 Å². The second-order valence-electron chi connectivity index (χ2n) is 6.33. The highest BCUT2D eigenvalue weighted by Gasteiger charge is 2.21. The summed E-state index contributed by atoms with van der Waals surface area (Å²) < 4.78 is 15.8. The van der Waals surface area contributed by atoms with Gasteiger partial charge in [-0.3, -0.25) is 10.1 Å². The second kappa shape index (κ2) is 8.07. The number of nitro groups is 1. The second-order valence-corrected chi connectivity index (χ2v) is 6.33. The van der Waals surface area contributed by atoms with E-state index in [9.17, 15) is 14.9 Å². The summed E-state index contributed by atoms with van der Waals surface area (Å²) >= 11 is 0. The molecule has 0 amide bonds.